The predicted octanol–water partition coefficient (Wildman–Crippen LogP) is 2.72. The lowest BCUT2D eigenvalue weighted by molar-refractivity contribution is -0.157. The average Bonchev–Trinajstić information content (AvgIpc) is 2.46. The number of hydrogen-bond donors (Lipinski definition) is 1. The highest BCUT2D eigenvalue weighted by Crippen LogP contribution is 2.36. The zero-order chi connectivity index (χ0) is 16.4. The maximum Gasteiger partial charge on any atom is 0.307 e. The van der Waals surface area contributed by atoms with Gasteiger partial charge in [-0.15, -0.1) is 0 Å². The minimum atomic E-state index is -0.851. The summed E-state index contributed by atoms with van der Waals surface area (Å²) in [5, 5.41) is 9.08. The van der Waals surface area contributed by atoms with Crippen molar-refractivity contribution in [3.05, 3.63) is 35.6 Å². The summed E-state index contributed by atoms with van der Waals surface area (Å²) in [5.41, 5.74) is 1.000. The van der Waals surface area contributed by atoms with Gasteiger partial charge in [0, 0.05) is 13.1 Å². The number of aliphatic carboxylic acids is 1. The molecule has 1 aromatic carbocycles. The molecule has 23 heavy (non-hydrogen) atoms. The van der Waals surface area contributed by atoms with E-state index in [4.69, 9.17) is 5.11 Å². The van der Waals surface area contributed by atoms with Gasteiger partial charge in [-0.1, -0.05) is 12.1 Å². The van der Waals surface area contributed by atoms with E-state index in [0.717, 1.165) is 24.8 Å². The zero-order valence-corrected chi connectivity index (χ0v) is 13.1. The molecule has 1 aliphatic heterocycles. The molecule has 1 amide bonds. The number of hydrogen-bond acceptors (Lipinski definition) is 2. The van der Waals surface area contributed by atoms with Crippen LogP contribution in [0.1, 0.15) is 31.2 Å². The summed E-state index contributed by atoms with van der Waals surface area (Å²) >= 11 is 0. The second-order valence-electron chi connectivity index (χ2n) is 6.73. The Morgan fingerprint density at radius 3 is 2.39 bits per heavy atom. The Labute approximate surface area is 135 Å². The van der Waals surface area contributed by atoms with E-state index in [0.29, 0.717) is 31.8 Å². The molecule has 1 aromatic rings. The molecule has 2 unspecified atom stereocenters. The van der Waals surface area contributed by atoms with Crippen molar-refractivity contribution in [1.29, 1.82) is 0 Å². The lowest BCUT2D eigenvalue weighted by Gasteiger charge is -2.39. The normalized spacial score (nSPS) is 25.0. The molecule has 2 atom stereocenters. The van der Waals surface area contributed by atoms with Gasteiger partial charge in [0.1, 0.15) is 5.82 Å². The van der Waals surface area contributed by atoms with Crippen LogP contribution in [0.25, 0.3) is 0 Å². The SMILES string of the molecule is O=C(O)C1CCC1C(=O)N1CCC(Cc2cccc(F)c2)CC1. The monoisotopic (exact) mass is 319 g/mol. The van der Waals surface area contributed by atoms with Crippen LogP contribution in [0, 0.1) is 23.6 Å². The summed E-state index contributed by atoms with van der Waals surface area (Å²) in [6, 6.07) is 6.68. The van der Waals surface area contributed by atoms with Gasteiger partial charge in [-0.25, -0.2) is 4.39 Å². The molecule has 0 spiro atoms. The number of carboxylic acids is 1. The summed E-state index contributed by atoms with van der Waals surface area (Å²) in [6.45, 7) is 1.36. The van der Waals surface area contributed by atoms with Crippen LogP contribution >= 0.6 is 0 Å². The first kappa shape index (κ1) is 16.0. The lowest BCUT2D eigenvalue weighted by atomic mass is 9.72. The van der Waals surface area contributed by atoms with Crippen LogP contribution in [0.15, 0.2) is 24.3 Å². The Kier molecular flexibility index (Phi) is 4.64. The summed E-state index contributed by atoms with van der Waals surface area (Å²) in [4.78, 5) is 25.3. The van der Waals surface area contributed by atoms with Crippen LogP contribution in [0.5, 0.6) is 0 Å². The van der Waals surface area contributed by atoms with Crippen molar-refractivity contribution in [3.63, 3.8) is 0 Å². The molecule has 1 saturated carbocycles. The maximum absolute atomic E-state index is 13.2. The molecule has 1 aliphatic carbocycles. The van der Waals surface area contributed by atoms with E-state index >= 15 is 0 Å². The smallest absolute Gasteiger partial charge is 0.307 e. The van der Waals surface area contributed by atoms with Crippen molar-refractivity contribution >= 4 is 11.9 Å². The molecular weight excluding hydrogens is 297 g/mol. The molecule has 1 saturated heterocycles. The van der Waals surface area contributed by atoms with Gasteiger partial charge >= 0.3 is 5.97 Å². The Morgan fingerprint density at radius 2 is 1.83 bits per heavy atom. The number of benzene rings is 1. The third-order valence-corrected chi connectivity index (χ3v) is 5.25. The fourth-order valence-corrected chi connectivity index (χ4v) is 3.68. The van der Waals surface area contributed by atoms with Gasteiger partial charge in [-0.2, -0.15) is 0 Å². The molecule has 0 bridgehead atoms. The number of carbonyl (C=O) groups excluding carboxylic acids is 1. The number of likely N-dealkylation sites (tertiary alicyclic amines) is 1. The molecule has 0 aromatic heterocycles. The number of rotatable bonds is 4. The highest BCUT2D eigenvalue weighted by molar-refractivity contribution is 5.86. The van der Waals surface area contributed by atoms with Crippen LogP contribution in [-0.4, -0.2) is 35.0 Å². The first-order valence-electron chi connectivity index (χ1n) is 8.30. The van der Waals surface area contributed by atoms with Gasteiger partial charge in [-0.05, 0) is 55.7 Å². The number of halogens is 1. The molecule has 3 rings (SSSR count). The molecular formula is C18H22FNO3. The predicted molar refractivity (Wildman–Crippen MR) is 83.3 cm³/mol. The number of carbonyl (C=O) groups is 2. The second-order valence-corrected chi connectivity index (χ2v) is 6.73. The highest BCUT2D eigenvalue weighted by Gasteiger charge is 2.43. The van der Waals surface area contributed by atoms with Crippen LogP contribution in [0.4, 0.5) is 4.39 Å². The Balaban J connectivity index is 1.50. The average molecular weight is 319 g/mol. The van der Waals surface area contributed by atoms with Crippen molar-refractivity contribution < 1.29 is 19.1 Å². The largest absolute Gasteiger partial charge is 0.481 e. The molecule has 0 radical (unpaired) electrons. The van der Waals surface area contributed by atoms with E-state index in [2.05, 4.69) is 0 Å². The second kappa shape index (κ2) is 6.69. The Morgan fingerprint density at radius 1 is 1.13 bits per heavy atom. The van der Waals surface area contributed by atoms with Crippen molar-refractivity contribution in [2.75, 3.05) is 13.1 Å². The fraction of sp³-hybridized carbons (Fsp3) is 0.556. The third kappa shape index (κ3) is 3.54. The summed E-state index contributed by atoms with van der Waals surface area (Å²) < 4.78 is 13.2. The molecule has 5 heteroatoms. The maximum atomic E-state index is 13.2. The van der Waals surface area contributed by atoms with Crippen molar-refractivity contribution in [2.24, 2.45) is 17.8 Å². The minimum absolute atomic E-state index is 0.00727. The van der Waals surface area contributed by atoms with Gasteiger partial charge < -0.3 is 10.0 Å². The van der Waals surface area contributed by atoms with Crippen LogP contribution in [-0.2, 0) is 16.0 Å². The first-order chi connectivity index (χ1) is 11.0. The molecule has 4 nitrogen and oxygen atoms in total. The van der Waals surface area contributed by atoms with Gasteiger partial charge in [0.25, 0.3) is 0 Å². The van der Waals surface area contributed by atoms with Gasteiger partial charge in [0.15, 0.2) is 0 Å². The van der Waals surface area contributed by atoms with Crippen molar-refractivity contribution in [1.82, 2.24) is 4.90 Å². The Hall–Kier alpha value is -1.91. The van der Waals surface area contributed by atoms with E-state index < -0.39 is 11.9 Å². The van der Waals surface area contributed by atoms with E-state index in [-0.39, 0.29) is 17.6 Å². The summed E-state index contributed by atoms with van der Waals surface area (Å²) in [5.74, 6) is -1.42. The van der Waals surface area contributed by atoms with Crippen molar-refractivity contribution in [3.8, 4) is 0 Å². The number of amides is 1. The summed E-state index contributed by atoms with van der Waals surface area (Å²) in [6.07, 6.45) is 3.93. The number of carboxylic acid groups (broad SMARTS) is 1. The molecule has 124 valence electrons. The van der Waals surface area contributed by atoms with Gasteiger partial charge in [0.2, 0.25) is 5.91 Å². The lowest BCUT2D eigenvalue weighted by Crippen LogP contribution is -2.48. The van der Waals surface area contributed by atoms with Crippen LogP contribution in [0.2, 0.25) is 0 Å². The Bertz CT molecular complexity index is 596. The number of piperidine rings is 1. The van der Waals surface area contributed by atoms with Crippen molar-refractivity contribution in [2.45, 2.75) is 32.1 Å². The number of nitrogens with zero attached hydrogens (tertiary/aromatic N) is 1. The molecule has 2 aliphatic rings. The van der Waals surface area contributed by atoms with E-state index in [1.54, 1.807) is 12.1 Å². The standard InChI is InChI=1S/C18H22FNO3/c19-14-3-1-2-13(11-14)10-12-6-8-20(9-7-12)17(21)15-4-5-16(15)18(22)23/h1-3,11-12,15-16H,4-10H2,(H,22,23). The van der Waals surface area contributed by atoms with Gasteiger partial charge in [-0.3, -0.25) is 9.59 Å². The molecule has 2 fully saturated rings. The van der Waals surface area contributed by atoms with E-state index in [1.165, 1.54) is 6.07 Å². The van der Waals surface area contributed by atoms with Crippen LogP contribution in [0.3, 0.4) is 0 Å². The molecule has 1 N–H and O–H groups in total. The van der Waals surface area contributed by atoms with E-state index in [1.807, 2.05) is 11.0 Å². The molecule has 1 heterocycles. The fourth-order valence-electron chi connectivity index (χ4n) is 3.68. The highest BCUT2D eigenvalue weighted by atomic mass is 19.1. The van der Waals surface area contributed by atoms with E-state index in [9.17, 15) is 14.0 Å². The minimum Gasteiger partial charge on any atom is -0.481 e. The topological polar surface area (TPSA) is 57.6 Å². The van der Waals surface area contributed by atoms with Gasteiger partial charge in [0.05, 0.1) is 11.8 Å². The third-order valence-electron chi connectivity index (χ3n) is 5.25. The zero-order valence-electron chi connectivity index (χ0n) is 13.1. The van der Waals surface area contributed by atoms with Crippen LogP contribution < -0.4 is 0 Å². The first-order valence-corrected chi connectivity index (χ1v) is 8.30. The quantitative estimate of drug-likeness (QED) is 0.928. The summed E-state index contributed by atoms with van der Waals surface area (Å²) in [7, 11) is 0.